The second kappa shape index (κ2) is 7.41. The van der Waals surface area contributed by atoms with E-state index in [9.17, 15) is 8.42 Å². The molecule has 1 N–H and O–H groups in total. The maximum absolute atomic E-state index is 12.7. The molecule has 0 spiro atoms. The van der Waals surface area contributed by atoms with Crippen molar-refractivity contribution in [3.05, 3.63) is 29.8 Å². The summed E-state index contributed by atoms with van der Waals surface area (Å²) in [5.41, 5.74) is 0.844. The predicted octanol–water partition coefficient (Wildman–Crippen LogP) is 3.33. The predicted molar refractivity (Wildman–Crippen MR) is 87.3 cm³/mol. The van der Waals surface area contributed by atoms with Gasteiger partial charge in [-0.25, -0.2) is 8.42 Å². The molecule has 1 aromatic rings. The fourth-order valence-corrected chi connectivity index (χ4v) is 5.28. The van der Waals surface area contributed by atoms with Crippen molar-refractivity contribution in [2.75, 3.05) is 12.3 Å². The lowest BCUT2D eigenvalue weighted by Gasteiger charge is -2.30. The Morgan fingerprint density at radius 2 is 1.86 bits per heavy atom. The molecule has 1 aromatic carbocycles. The Bertz CT molecular complexity index is 548. The fraction of sp³-hybridized carbons (Fsp3) is 0.647. The summed E-state index contributed by atoms with van der Waals surface area (Å²) in [6, 6.07) is 7.38. The monoisotopic (exact) mass is 309 g/mol. The zero-order valence-corrected chi connectivity index (χ0v) is 14.0. The molecule has 0 amide bonds. The molecule has 0 heterocycles. The standard InChI is InChI=1S/C17H27NO2S/c1-3-18-16(15-10-5-4-6-11-15)13-21(19,20)17-12-8-7-9-14(17)2/h7-9,12,15-16,18H,3-6,10-11,13H2,1-2H3. The largest absolute Gasteiger partial charge is 0.313 e. The van der Waals surface area contributed by atoms with Crippen molar-refractivity contribution in [3.63, 3.8) is 0 Å². The average molecular weight is 309 g/mol. The highest BCUT2D eigenvalue weighted by Crippen LogP contribution is 2.28. The van der Waals surface area contributed by atoms with Gasteiger partial charge in [-0.1, -0.05) is 44.4 Å². The number of sulfone groups is 1. The van der Waals surface area contributed by atoms with Gasteiger partial charge in [0, 0.05) is 6.04 Å². The van der Waals surface area contributed by atoms with Crippen LogP contribution in [0.25, 0.3) is 0 Å². The topological polar surface area (TPSA) is 46.2 Å². The molecule has 0 bridgehead atoms. The Morgan fingerprint density at radius 1 is 1.19 bits per heavy atom. The van der Waals surface area contributed by atoms with E-state index in [1.165, 1.54) is 19.3 Å². The van der Waals surface area contributed by atoms with Crippen molar-refractivity contribution in [2.24, 2.45) is 5.92 Å². The number of nitrogens with one attached hydrogen (secondary N) is 1. The van der Waals surface area contributed by atoms with E-state index in [0.717, 1.165) is 24.9 Å². The molecule has 0 saturated heterocycles. The summed E-state index contributed by atoms with van der Waals surface area (Å²) in [5.74, 6) is 0.716. The molecule has 4 heteroatoms. The Labute approximate surface area is 129 Å². The third kappa shape index (κ3) is 4.30. The summed E-state index contributed by atoms with van der Waals surface area (Å²) < 4.78 is 25.5. The van der Waals surface area contributed by atoms with E-state index < -0.39 is 9.84 Å². The van der Waals surface area contributed by atoms with Gasteiger partial charge < -0.3 is 5.32 Å². The first-order chi connectivity index (χ1) is 10.0. The van der Waals surface area contributed by atoms with E-state index in [1.54, 1.807) is 6.07 Å². The van der Waals surface area contributed by atoms with Gasteiger partial charge in [0.05, 0.1) is 10.6 Å². The molecule has 1 aliphatic carbocycles. The summed E-state index contributed by atoms with van der Waals surface area (Å²) in [7, 11) is -3.22. The summed E-state index contributed by atoms with van der Waals surface area (Å²) in [6.07, 6.45) is 6.07. The molecule has 1 saturated carbocycles. The van der Waals surface area contributed by atoms with Gasteiger partial charge in [-0.05, 0) is 43.9 Å². The van der Waals surface area contributed by atoms with Crippen molar-refractivity contribution in [1.82, 2.24) is 5.32 Å². The highest BCUT2D eigenvalue weighted by molar-refractivity contribution is 7.91. The van der Waals surface area contributed by atoms with E-state index in [2.05, 4.69) is 12.2 Å². The van der Waals surface area contributed by atoms with Crippen LogP contribution >= 0.6 is 0 Å². The van der Waals surface area contributed by atoms with E-state index in [0.29, 0.717) is 10.8 Å². The maximum Gasteiger partial charge on any atom is 0.180 e. The SMILES string of the molecule is CCNC(CS(=O)(=O)c1ccccc1C)C1CCCCC1. The quantitative estimate of drug-likeness (QED) is 0.877. The smallest absolute Gasteiger partial charge is 0.180 e. The molecule has 1 aliphatic rings. The first-order valence-corrected chi connectivity index (χ1v) is 9.71. The van der Waals surface area contributed by atoms with Gasteiger partial charge in [0.1, 0.15) is 0 Å². The van der Waals surface area contributed by atoms with Gasteiger partial charge in [-0.2, -0.15) is 0 Å². The number of rotatable bonds is 6. The lowest BCUT2D eigenvalue weighted by molar-refractivity contribution is 0.285. The molecule has 0 aliphatic heterocycles. The molecule has 1 atom stereocenters. The Morgan fingerprint density at radius 3 is 2.48 bits per heavy atom. The normalized spacial score (nSPS) is 18.6. The second-order valence-electron chi connectivity index (χ2n) is 6.11. The number of hydrogen-bond donors (Lipinski definition) is 1. The first-order valence-electron chi connectivity index (χ1n) is 8.06. The third-order valence-electron chi connectivity index (χ3n) is 4.51. The lowest BCUT2D eigenvalue weighted by Crippen LogP contribution is -2.42. The Kier molecular flexibility index (Phi) is 5.82. The molecule has 0 radical (unpaired) electrons. The van der Waals surface area contributed by atoms with Crippen LogP contribution in [0.5, 0.6) is 0 Å². The summed E-state index contributed by atoms with van der Waals surface area (Å²) >= 11 is 0. The van der Waals surface area contributed by atoms with Crippen LogP contribution in [0.4, 0.5) is 0 Å². The average Bonchev–Trinajstić information content (AvgIpc) is 2.48. The molecule has 3 nitrogen and oxygen atoms in total. The molecule has 21 heavy (non-hydrogen) atoms. The minimum atomic E-state index is -3.22. The molecule has 0 aromatic heterocycles. The van der Waals surface area contributed by atoms with Gasteiger partial charge in [0.15, 0.2) is 9.84 Å². The number of hydrogen-bond acceptors (Lipinski definition) is 3. The van der Waals surface area contributed by atoms with Gasteiger partial charge in [-0.3, -0.25) is 0 Å². The Hall–Kier alpha value is -0.870. The molecule has 1 unspecified atom stereocenters. The number of aryl methyl sites for hydroxylation is 1. The van der Waals surface area contributed by atoms with Crippen LogP contribution in [0.2, 0.25) is 0 Å². The first kappa shape index (κ1) is 16.5. The van der Waals surface area contributed by atoms with Crippen molar-refractivity contribution in [3.8, 4) is 0 Å². The van der Waals surface area contributed by atoms with Crippen LogP contribution in [-0.4, -0.2) is 26.8 Å². The van der Waals surface area contributed by atoms with Crippen LogP contribution < -0.4 is 5.32 Å². The summed E-state index contributed by atoms with van der Waals surface area (Å²) in [6.45, 7) is 4.75. The van der Waals surface area contributed by atoms with Gasteiger partial charge in [0.2, 0.25) is 0 Å². The molecular weight excluding hydrogens is 282 g/mol. The maximum atomic E-state index is 12.7. The second-order valence-corrected chi connectivity index (χ2v) is 8.11. The van der Waals surface area contributed by atoms with Crippen LogP contribution in [0.15, 0.2) is 29.2 Å². The van der Waals surface area contributed by atoms with Crippen molar-refractivity contribution in [1.29, 1.82) is 0 Å². The zero-order chi connectivity index (χ0) is 15.3. The van der Waals surface area contributed by atoms with Crippen LogP contribution in [0, 0.1) is 12.8 Å². The van der Waals surface area contributed by atoms with Crippen molar-refractivity contribution < 1.29 is 8.42 Å². The van der Waals surface area contributed by atoms with Crippen molar-refractivity contribution >= 4 is 9.84 Å². The van der Waals surface area contributed by atoms with Gasteiger partial charge in [-0.15, -0.1) is 0 Å². The number of benzene rings is 1. The van der Waals surface area contributed by atoms with Crippen molar-refractivity contribution in [2.45, 2.75) is 56.9 Å². The zero-order valence-electron chi connectivity index (χ0n) is 13.1. The molecule has 118 valence electrons. The fourth-order valence-electron chi connectivity index (χ4n) is 3.39. The molecule has 1 fully saturated rings. The van der Waals surface area contributed by atoms with E-state index in [-0.39, 0.29) is 11.8 Å². The minimum absolute atomic E-state index is 0.0832. The van der Waals surface area contributed by atoms with Gasteiger partial charge in [0.25, 0.3) is 0 Å². The lowest BCUT2D eigenvalue weighted by atomic mass is 9.84. The van der Waals surface area contributed by atoms with E-state index in [4.69, 9.17) is 0 Å². The summed E-state index contributed by atoms with van der Waals surface area (Å²) in [5, 5.41) is 3.42. The van der Waals surface area contributed by atoms with E-state index in [1.807, 2.05) is 25.1 Å². The van der Waals surface area contributed by atoms with Gasteiger partial charge >= 0.3 is 0 Å². The Balaban J connectivity index is 2.17. The minimum Gasteiger partial charge on any atom is -0.313 e. The van der Waals surface area contributed by atoms with Crippen LogP contribution in [0.1, 0.15) is 44.6 Å². The van der Waals surface area contributed by atoms with E-state index >= 15 is 0 Å². The van der Waals surface area contributed by atoms with Crippen LogP contribution in [-0.2, 0) is 9.84 Å². The molecule has 2 rings (SSSR count). The summed E-state index contributed by atoms with van der Waals surface area (Å²) in [4.78, 5) is 0.490. The third-order valence-corrected chi connectivity index (χ3v) is 6.44. The highest BCUT2D eigenvalue weighted by Gasteiger charge is 2.29. The molecular formula is C17H27NO2S. The van der Waals surface area contributed by atoms with Crippen LogP contribution in [0.3, 0.4) is 0 Å². The highest BCUT2D eigenvalue weighted by atomic mass is 32.2.